The molecule has 0 radical (unpaired) electrons. The molecule has 1 aromatic rings. The number of Topliss-reactive ketones (excluding diaryl/α,β-unsaturated/α-hetero) is 1. The van der Waals surface area contributed by atoms with E-state index in [1.807, 2.05) is 18.2 Å². The second-order valence-electron chi connectivity index (χ2n) is 3.41. The second-order valence-corrected chi connectivity index (χ2v) is 3.41. The van der Waals surface area contributed by atoms with Gasteiger partial charge in [0.2, 0.25) is 0 Å². The minimum Gasteiger partial charge on any atom is -0.389 e. The van der Waals surface area contributed by atoms with E-state index in [1.165, 1.54) is 5.56 Å². The molecule has 0 saturated heterocycles. The van der Waals surface area contributed by atoms with E-state index in [0.717, 1.165) is 18.4 Å². The Kier molecular flexibility index (Phi) is 2.15. The Morgan fingerprint density at radius 2 is 2.23 bits per heavy atom. The van der Waals surface area contributed by atoms with Crippen LogP contribution in [-0.4, -0.2) is 17.5 Å². The number of ketones is 1. The van der Waals surface area contributed by atoms with E-state index in [4.69, 9.17) is 5.11 Å². The standard InChI is InChI=1S/C11H12O2/c12-7-11(13)10-6-5-8-3-1-2-4-9(8)10/h1-4,10,12H,5-7H2. The summed E-state index contributed by atoms with van der Waals surface area (Å²) in [5, 5.41) is 8.77. The highest BCUT2D eigenvalue weighted by molar-refractivity contribution is 5.87. The van der Waals surface area contributed by atoms with Gasteiger partial charge >= 0.3 is 0 Å². The van der Waals surface area contributed by atoms with Crippen LogP contribution in [0.2, 0.25) is 0 Å². The van der Waals surface area contributed by atoms with E-state index in [9.17, 15) is 4.79 Å². The number of hydrogen-bond acceptors (Lipinski definition) is 2. The van der Waals surface area contributed by atoms with Crippen molar-refractivity contribution < 1.29 is 9.90 Å². The molecular formula is C11H12O2. The first-order valence-corrected chi connectivity index (χ1v) is 4.54. The number of rotatable bonds is 2. The van der Waals surface area contributed by atoms with Crippen molar-refractivity contribution in [2.24, 2.45) is 0 Å². The van der Waals surface area contributed by atoms with Crippen LogP contribution in [-0.2, 0) is 11.2 Å². The van der Waals surface area contributed by atoms with Crippen molar-refractivity contribution in [1.82, 2.24) is 0 Å². The third-order valence-corrected chi connectivity index (χ3v) is 2.68. The first-order valence-electron chi connectivity index (χ1n) is 4.54. The second kappa shape index (κ2) is 3.30. The summed E-state index contributed by atoms with van der Waals surface area (Å²) < 4.78 is 0. The normalized spacial score (nSPS) is 19.9. The highest BCUT2D eigenvalue weighted by Crippen LogP contribution is 2.33. The predicted octanol–water partition coefficient (Wildman–Crippen LogP) is 1.28. The minimum atomic E-state index is -0.334. The Hall–Kier alpha value is -1.15. The van der Waals surface area contributed by atoms with Gasteiger partial charge in [-0.05, 0) is 24.0 Å². The lowest BCUT2D eigenvalue weighted by Crippen LogP contribution is -2.13. The van der Waals surface area contributed by atoms with Crippen molar-refractivity contribution in [3.05, 3.63) is 35.4 Å². The fourth-order valence-corrected chi connectivity index (χ4v) is 2.00. The molecule has 1 aliphatic carbocycles. The van der Waals surface area contributed by atoms with Crippen molar-refractivity contribution >= 4 is 5.78 Å². The number of fused-ring (bicyclic) bond motifs is 1. The summed E-state index contributed by atoms with van der Waals surface area (Å²) in [4.78, 5) is 11.3. The van der Waals surface area contributed by atoms with Crippen molar-refractivity contribution in [2.75, 3.05) is 6.61 Å². The number of aryl methyl sites for hydroxylation is 1. The quantitative estimate of drug-likeness (QED) is 0.737. The van der Waals surface area contributed by atoms with Gasteiger partial charge in [-0.15, -0.1) is 0 Å². The smallest absolute Gasteiger partial charge is 0.165 e. The van der Waals surface area contributed by atoms with E-state index in [1.54, 1.807) is 0 Å². The molecular weight excluding hydrogens is 164 g/mol. The van der Waals surface area contributed by atoms with E-state index in [-0.39, 0.29) is 18.3 Å². The summed E-state index contributed by atoms with van der Waals surface area (Å²) in [6.45, 7) is -0.334. The molecule has 1 aromatic carbocycles. The molecule has 0 fully saturated rings. The molecule has 1 N–H and O–H groups in total. The fraction of sp³-hybridized carbons (Fsp3) is 0.364. The largest absolute Gasteiger partial charge is 0.389 e. The molecule has 1 aliphatic rings. The van der Waals surface area contributed by atoms with Crippen molar-refractivity contribution in [3.8, 4) is 0 Å². The average molecular weight is 176 g/mol. The molecule has 2 heteroatoms. The predicted molar refractivity (Wildman–Crippen MR) is 49.6 cm³/mol. The first kappa shape index (κ1) is 8.45. The molecule has 0 aliphatic heterocycles. The van der Waals surface area contributed by atoms with Crippen LogP contribution >= 0.6 is 0 Å². The molecule has 0 spiro atoms. The minimum absolute atomic E-state index is 0.0510. The molecule has 13 heavy (non-hydrogen) atoms. The Morgan fingerprint density at radius 3 is 3.00 bits per heavy atom. The molecule has 68 valence electrons. The van der Waals surface area contributed by atoms with Gasteiger partial charge in [0.1, 0.15) is 6.61 Å². The van der Waals surface area contributed by atoms with Crippen LogP contribution in [0.15, 0.2) is 24.3 Å². The van der Waals surface area contributed by atoms with Gasteiger partial charge in [0, 0.05) is 5.92 Å². The molecule has 1 unspecified atom stereocenters. The zero-order valence-corrected chi connectivity index (χ0v) is 7.36. The van der Waals surface area contributed by atoms with Gasteiger partial charge in [0.05, 0.1) is 0 Å². The van der Waals surface area contributed by atoms with E-state index in [2.05, 4.69) is 6.07 Å². The van der Waals surface area contributed by atoms with Crippen LogP contribution in [0, 0.1) is 0 Å². The zero-order valence-electron chi connectivity index (χ0n) is 7.36. The molecule has 2 nitrogen and oxygen atoms in total. The zero-order chi connectivity index (χ0) is 9.26. The van der Waals surface area contributed by atoms with Gasteiger partial charge in [-0.1, -0.05) is 24.3 Å². The first-order chi connectivity index (χ1) is 6.33. The van der Waals surface area contributed by atoms with Crippen LogP contribution in [0.3, 0.4) is 0 Å². The number of hydrogen-bond donors (Lipinski definition) is 1. The monoisotopic (exact) mass is 176 g/mol. The molecule has 0 heterocycles. The lowest BCUT2D eigenvalue weighted by molar-refractivity contribution is -0.123. The molecule has 0 bridgehead atoms. The number of aliphatic hydroxyl groups is 1. The highest BCUT2D eigenvalue weighted by Gasteiger charge is 2.26. The van der Waals surface area contributed by atoms with Crippen LogP contribution < -0.4 is 0 Å². The maximum absolute atomic E-state index is 11.3. The lowest BCUT2D eigenvalue weighted by Gasteiger charge is -2.07. The Bertz CT molecular complexity index is 331. The van der Waals surface area contributed by atoms with Gasteiger partial charge in [-0.3, -0.25) is 4.79 Å². The third-order valence-electron chi connectivity index (χ3n) is 2.68. The topological polar surface area (TPSA) is 37.3 Å². The third kappa shape index (κ3) is 1.38. The molecule has 0 amide bonds. The Morgan fingerprint density at radius 1 is 1.46 bits per heavy atom. The van der Waals surface area contributed by atoms with Crippen LogP contribution in [0.5, 0.6) is 0 Å². The average Bonchev–Trinajstić information content (AvgIpc) is 2.60. The number of carbonyl (C=O) groups excluding carboxylic acids is 1. The summed E-state index contributed by atoms with van der Waals surface area (Å²) in [5.41, 5.74) is 2.37. The fourth-order valence-electron chi connectivity index (χ4n) is 2.00. The van der Waals surface area contributed by atoms with Crippen LogP contribution in [0.4, 0.5) is 0 Å². The van der Waals surface area contributed by atoms with E-state index >= 15 is 0 Å². The number of aliphatic hydroxyl groups excluding tert-OH is 1. The molecule has 0 saturated carbocycles. The van der Waals surface area contributed by atoms with Crippen LogP contribution in [0.25, 0.3) is 0 Å². The molecule has 2 rings (SSSR count). The maximum atomic E-state index is 11.3. The Labute approximate surface area is 77.2 Å². The summed E-state index contributed by atoms with van der Waals surface area (Å²) in [7, 11) is 0. The maximum Gasteiger partial charge on any atom is 0.165 e. The number of carbonyl (C=O) groups is 1. The summed E-state index contributed by atoms with van der Waals surface area (Å²) in [6.07, 6.45) is 1.82. The van der Waals surface area contributed by atoms with Gasteiger partial charge < -0.3 is 5.11 Å². The Balaban J connectivity index is 2.33. The summed E-state index contributed by atoms with van der Waals surface area (Å²) in [5.74, 6) is -0.105. The van der Waals surface area contributed by atoms with Gasteiger partial charge in [-0.2, -0.15) is 0 Å². The SMILES string of the molecule is O=C(CO)C1CCc2ccccc21. The summed E-state index contributed by atoms with van der Waals surface area (Å²) >= 11 is 0. The molecule has 1 atom stereocenters. The van der Waals surface area contributed by atoms with E-state index < -0.39 is 0 Å². The van der Waals surface area contributed by atoms with Crippen molar-refractivity contribution in [1.29, 1.82) is 0 Å². The van der Waals surface area contributed by atoms with Crippen molar-refractivity contribution in [3.63, 3.8) is 0 Å². The van der Waals surface area contributed by atoms with Crippen molar-refractivity contribution in [2.45, 2.75) is 18.8 Å². The van der Waals surface area contributed by atoms with E-state index in [0.29, 0.717) is 0 Å². The highest BCUT2D eigenvalue weighted by atomic mass is 16.3. The molecule has 0 aromatic heterocycles. The van der Waals surface area contributed by atoms with Gasteiger partial charge in [0.25, 0.3) is 0 Å². The van der Waals surface area contributed by atoms with Gasteiger partial charge in [0.15, 0.2) is 5.78 Å². The summed E-state index contributed by atoms with van der Waals surface area (Å²) in [6, 6.07) is 7.98. The van der Waals surface area contributed by atoms with Gasteiger partial charge in [-0.25, -0.2) is 0 Å². The van der Waals surface area contributed by atoms with Crippen LogP contribution in [0.1, 0.15) is 23.5 Å². The number of benzene rings is 1. The lowest BCUT2D eigenvalue weighted by atomic mass is 9.97.